The van der Waals surface area contributed by atoms with Crippen LogP contribution in [0.2, 0.25) is 0 Å². The molecule has 94 valence electrons. The van der Waals surface area contributed by atoms with Gasteiger partial charge in [0.15, 0.2) is 0 Å². The molecule has 0 heterocycles. The first-order valence-corrected chi connectivity index (χ1v) is 6.96. The third-order valence-electron chi connectivity index (χ3n) is 3.03. The van der Waals surface area contributed by atoms with Crippen LogP contribution in [0, 0.1) is 20.8 Å². The highest BCUT2D eigenvalue weighted by Gasteiger charge is 2.04. The molecule has 0 aromatic heterocycles. The predicted molar refractivity (Wildman–Crippen MR) is 79.1 cm³/mol. The van der Waals surface area contributed by atoms with Crippen molar-refractivity contribution >= 4 is 11.8 Å². The first-order valence-electron chi connectivity index (χ1n) is 6.15. The molecule has 0 saturated heterocycles. The number of hydrogen-bond acceptors (Lipinski definition) is 2. The molecule has 0 radical (unpaired) electrons. The maximum atomic E-state index is 5.66. The van der Waals surface area contributed by atoms with Gasteiger partial charge in [0, 0.05) is 16.3 Å². The first-order chi connectivity index (χ1) is 8.60. The van der Waals surface area contributed by atoms with E-state index >= 15 is 0 Å². The topological polar surface area (TPSA) is 26.0 Å². The Morgan fingerprint density at radius 2 is 1.50 bits per heavy atom. The van der Waals surface area contributed by atoms with Crippen molar-refractivity contribution in [3.63, 3.8) is 0 Å². The monoisotopic (exact) mass is 257 g/mol. The molecule has 1 nitrogen and oxygen atoms in total. The summed E-state index contributed by atoms with van der Waals surface area (Å²) in [4.78, 5) is 2.63. The normalized spacial score (nSPS) is 10.7. The van der Waals surface area contributed by atoms with E-state index in [4.69, 9.17) is 5.73 Å². The van der Waals surface area contributed by atoms with Crippen molar-refractivity contribution in [2.45, 2.75) is 37.1 Å². The maximum absolute atomic E-state index is 5.66. The van der Waals surface area contributed by atoms with Crippen molar-refractivity contribution in [2.24, 2.45) is 5.73 Å². The summed E-state index contributed by atoms with van der Waals surface area (Å²) in [5, 5.41) is 0. The van der Waals surface area contributed by atoms with Crippen molar-refractivity contribution in [1.82, 2.24) is 0 Å². The summed E-state index contributed by atoms with van der Waals surface area (Å²) in [5.74, 6) is 0. The average Bonchev–Trinajstić information content (AvgIpc) is 2.34. The largest absolute Gasteiger partial charge is 0.326 e. The molecule has 18 heavy (non-hydrogen) atoms. The van der Waals surface area contributed by atoms with Crippen LogP contribution in [-0.2, 0) is 6.54 Å². The highest BCUT2D eigenvalue weighted by atomic mass is 32.2. The molecule has 0 aliphatic heterocycles. The van der Waals surface area contributed by atoms with Gasteiger partial charge in [-0.2, -0.15) is 0 Å². The van der Waals surface area contributed by atoms with E-state index in [0.29, 0.717) is 6.54 Å². The fourth-order valence-corrected chi connectivity index (χ4v) is 2.93. The van der Waals surface area contributed by atoms with Gasteiger partial charge in [-0.15, -0.1) is 0 Å². The summed E-state index contributed by atoms with van der Waals surface area (Å²) in [5.41, 5.74) is 10.8. The van der Waals surface area contributed by atoms with E-state index in [1.54, 1.807) is 0 Å². The quantitative estimate of drug-likeness (QED) is 0.891. The minimum absolute atomic E-state index is 0.606. The minimum Gasteiger partial charge on any atom is -0.326 e. The summed E-state index contributed by atoms with van der Waals surface area (Å²) in [6.07, 6.45) is 0. The van der Waals surface area contributed by atoms with Gasteiger partial charge in [0.1, 0.15) is 0 Å². The molecule has 0 saturated carbocycles. The lowest BCUT2D eigenvalue weighted by Gasteiger charge is -2.10. The molecule has 0 fully saturated rings. The Bertz CT molecular complexity index is 561. The highest BCUT2D eigenvalue weighted by molar-refractivity contribution is 7.99. The Hall–Kier alpha value is -1.25. The van der Waals surface area contributed by atoms with Crippen molar-refractivity contribution in [1.29, 1.82) is 0 Å². The smallest absolute Gasteiger partial charge is 0.0178 e. The SMILES string of the molecule is Cc1ccc(Sc2ccc(CN)cc2C)c(C)c1. The molecular weight excluding hydrogens is 238 g/mol. The number of hydrogen-bond donors (Lipinski definition) is 1. The summed E-state index contributed by atoms with van der Waals surface area (Å²) in [6, 6.07) is 13.0. The zero-order valence-corrected chi connectivity index (χ0v) is 12.0. The summed E-state index contributed by atoms with van der Waals surface area (Å²) < 4.78 is 0. The van der Waals surface area contributed by atoms with Crippen LogP contribution in [0.3, 0.4) is 0 Å². The zero-order valence-electron chi connectivity index (χ0n) is 11.2. The van der Waals surface area contributed by atoms with E-state index in [9.17, 15) is 0 Å². The highest BCUT2D eigenvalue weighted by Crippen LogP contribution is 2.33. The molecular formula is C16H19NS. The van der Waals surface area contributed by atoms with Crippen LogP contribution in [-0.4, -0.2) is 0 Å². The number of benzene rings is 2. The molecule has 0 bridgehead atoms. The molecule has 2 heteroatoms. The third-order valence-corrected chi connectivity index (χ3v) is 4.38. The molecule has 0 aliphatic carbocycles. The Kier molecular flexibility index (Phi) is 4.10. The molecule has 0 aliphatic rings. The summed E-state index contributed by atoms with van der Waals surface area (Å²) >= 11 is 1.83. The van der Waals surface area contributed by atoms with Crippen molar-refractivity contribution in [3.05, 3.63) is 58.7 Å². The van der Waals surface area contributed by atoms with E-state index in [-0.39, 0.29) is 0 Å². The Morgan fingerprint density at radius 1 is 0.889 bits per heavy atom. The second-order valence-electron chi connectivity index (χ2n) is 4.67. The van der Waals surface area contributed by atoms with Crippen molar-refractivity contribution < 1.29 is 0 Å². The van der Waals surface area contributed by atoms with Gasteiger partial charge in [-0.05, 0) is 49.6 Å². The molecule has 2 rings (SSSR count). The average molecular weight is 257 g/mol. The second-order valence-corrected chi connectivity index (χ2v) is 5.76. The standard InChI is InChI=1S/C16H19NS/c1-11-4-6-15(12(2)8-11)18-16-7-5-14(10-17)9-13(16)3/h4-9H,10,17H2,1-3H3. The van der Waals surface area contributed by atoms with Crippen LogP contribution in [0.5, 0.6) is 0 Å². The van der Waals surface area contributed by atoms with Gasteiger partial charge in [-0.3, -0.25) is 0 Å². The van der Waals surface area contributed by atoms with Gasteiger partial charge in [0.25, 0.3) is 0 Å². The number of nitrogens with two attached hydrogens (primary N) is 1. The van der Waals surface area contributed by atoms with Gasteiger partial charge >= 0.3 is 0 Å². The molecule has 0 atom stereocenters. The maximum Gasteiger partial charge on any atom is 0.0178 e. The molecule has 2 aromatic rings. The Labute approximate surface area is 113 Å². The molecule has 2 N–H and O–H groups in total. The van der Waals surface area contributed by atoms with E-state index in [1.165, 1.54) is 32.0 Å². The van der Waals surface area contributed by atoms with E-state index in [0.717, 1.165) is 0 Å². The van der Waals surface area contributed by atoms with Gasteiger partial charge in [0.2, 0.25) is 0 Å². The molecule has 0 amide bonds. The molecule has 2 aromatic carbocycles. The lowest BCUT2D eigenvalue weighted by Crippen LogP contribution is -1.96. The zero-order chi connectivity index (χ0) is 13.1. The lowest BCUT2D eigenvalue weighted by atomic mass is 10.1. The van der Waals surface area contributed by atoms with Crippen LogP contribution < -0.4 is 5.73 Å². The predicted octanol–water partition coefficient (Wildman–Crippen LogP) is 4.22. The summed E-state index contributed by atoms with van der Waals surface area (Å²) in [7, 11) is 0. The second kappa shape index (κ2) is 5.59. The van der Waals surface area contributed by atoms with Gasteiger partial charge in [-0.1, -0.05) is 41.6 Å². The van der Waals surface area contributed by atoms with E-state index < -0.39 is 0 Å². The van der Waals surface area contributed by atoms with Crippen LogP contribution in [0.1, 0.15) is 22.3 Å². The van der Waals surface area contributed by atoms with Gasteiger partial charge < -0.3 is 5.73 Å². The molecule has 0 unspecified atom stereocenters. The third kappa shape index (κ3) is 2.95. The van der Waals surface area contributed by atoms with Crippen molar-refractivity contribution in [3.8, 4) is 0 Å². The van der Waals surface area contributed by atoms with Crippen LogP contribution in [0.15, 0.2) is 46.2 Å². The minimum atomic E-state index is 0.606. The van der Waals surface area contributed by atoms with Crippen LogP contribution >= 0.6 is 11.8 Å². The summed E-state index contributed by atoms with van der Waals surface area (Å²) in [6.45, 7) is 7.04. The molecule has 0 spiro atoms. The van der Waals surface area contributed by atoms with Crippen molar-refractivity contribution in [2.75, 3.05) is 0 Å². The Balaban J connectivity index is 2.28. The fraction of sp³-hybridized carbons (Fsp3) is 0.250. The van der Waals surface area contributed by atoms with Gasteiger partial charge in [-0.25, -0.2) is 0 Å². The lowest BCUT2D eigenvalue weighted by molar-refractivity contribution is 1.05. The van der Waals surface area contributed by atoms with Crippen LogP contribution in [0.25, 0.3) is 0 Å². The number of aryl methyl sites for hydroxylation is 3. The first kappa shape index (κ1) is 13.2. The van der Waals surface area contributed by atoms with Crippen LogP contribution in [0.4, 0.5) is 0 Å². The number of rotatable bonds is 3. The van der Waals surface area contributed by atoms with Gasteiger partial charge in [0.05, 0.1) is 0 Å². The fourth-order valence-electron chi connectivity index (χ4n) is 1.99. The van der Waals surface area contributed by atoms with E-state index in [1.807, 2.05) is 11.8 Å². The Morgan fingerprint density at radius 3 is 2.06 bits per heavy atom. The van der Waals surface area contributed by atoms with E-state index in [2.05, 4.69) is 57.2 Å².